The molecule has 1 aliphatic carbocycles. The smallest absolute Gasteiger partial charge is 0.224 e. The summed E-state index contributed by atoms with van der Waals surface area (Å²) in [6.07, 6.45) is 8.62. The molecule has 0 aromatic carbocycles. The maximum Gasteiger partial charge on any atom is 0.224 e. The van der Waals surface area contributed by atoms with Crippen LogP contribution in [0.15, 0.2) is 24.5 Å². The minimum atomic E-state index is -0.0307. The van der Waals surface area contributed by atoms with Crippen LogP contribution in [-0.2, 0) is 4.79 Å². The first kappa shape index (κ1) is 17.7. The van der Waals surface area contributed by atoms with E-state index in [1.54, 1.807) is 12.4 Å². The molecule has 1 unspecified atom stereocenters. The van der Waals surface area contributed by atoms with E-state index >= 15 is 0 Å². The number of carbonyl (C=O) groups excluding carboxylic acids is 1. The molecule has 0 saturated heterocycles. The second kappa shape index (κ2) is 8.87. The summed E-state index contributed by atoms with van der Waals surface area (Å²) in [6, 6.07) is 4.00. The Labute approximate surface area is 139 Å². The van der Waals surface area contributed by atoms with Crippen molar-refractivity contribution in [1.82, 2.24) is 10.3 Å². The molecule has 1 aromatic rings. The van der Waals surface area contributed by atoms with Gasteiger partial charge in [0.05, 0.1) is 11.6 Å². The maximum atomic E-state index is 12.6. The van der Waals surface area contributed by atoms with E-state index in [2.05, 4.69) is 29.5 Å². The van der Waals surface area contributed by atoms with E-state index in [9.17, 15) is 4.79 Å². The molecule has 0 aliphatic heterocycles. The summed E-state index contributed by atoms with van der Waals surface area (Å²) in [7, 11) is 0. The summed E-state index contributed by atoms with van der Waals surface area (Å²) >= 11 is 0. The molecule has 5 nitrogen and oxygen atoms in total. The van der Waals surface area contributed by atoms with Gasteiger partial charge in [0.1, 0.15) is 0 Å². The largest absolute Gasteiger partial charge is 0.382 e. The van der Waals surface area contributed by atoms with Crippen LogP contribution < -0.4 is 16.4 Å². The molecule has 1 amide bonds. The summed E-state index contributed by atoms with van der Waals surface area (Å²) < 4.78 is 0. The zero-order chi connectivity index (χ0) is 16.7. The van der Waals surface area contributed by atoms with Gasteiger partial charge in [-0.2, -0.15) is 0 Å². The number of hydrogen-bond acceptors (Lipinski definition) is 4. The van der Waals surface area contributed by atoms with Crippen LogP contribution in [0.25, 0.3) is 0 Å². The van der Waals surface area contributed by atoms with E-state index < -0.39 is 0 Å². The number of rotatable bonds is 7. The highest BCUT2D eigenvalue weighted by molar-refractivity contribution is 5.79. The summed E-state index contributed by atoms with van der Waals surface area (Å²) in [4.78, 5) is 16.7. The Morgan fingerprint density at radius 3 is 2.83 bits per heavy atom. The van der Waals surface area contributed by atoms with E-state index in [0.717, 1.165) is 37.8 Å². The molecule has 128 valence electrons. The van der Waals surface area contributed by atoms with Crippen molar-refractivity contribution in [1.29, 1.82) is 0 Å². The molecule has 2 rings (SSSR count). The quantitative estimate of drug-likeness (QED) is 0.722. The number of carbonyl (C=O) groups is 1. The highest BCUT2D eigenvalue weighted by Crippen LogP contribution is 2.23. The van der Waals surface area contributed by atoms with Crippen molar-refractivity contribution in [3.05, 3.63) is 24.5 Å². The first-order valence-electron chi connectivity index (χ1n) is 8.76. The van der Waals surface area contributed by atoms with Crippen LogP contribution in [0.5, 0.6) is 0 Å². The van der Waals surface area contributed by atoms with Crippen molar-refractivity contribution in [3.63, 3.8) is 0 Å². The number of anilines is 1. The van der Waals surface area contributed by atoms with Crippen LogP contribution in [0.1, 0.15) is 46.0 Å². The first-order valence-corrected chi connectivity index (χ1v) is 8.76. The van der Waals surface area contributed by atoms with Crippen molar-refractivity contribution in [2.24, 2.45) is 17.6 Å². The summed E-state index contributed by atoms with van der Waals surface area (Å²) in [5.41, 5.74) is 7.11. The van der Waals surface area contributed by atoms with E-state index in [1.165, 1.54) is 0 Å². The van der Waals surface area contributed by atoms with Crippen molar-refractivity contribution in [2.45, 2.75) is 58.0 Å². The normalized spacial score (nSPS) is 22.6. The number of nitrogens with two attached hydrogens (primary N) is 1. The number of hydrogen-bond donors (Lipinski definition) is 3. The van der Waals surface area contributed by atoms with Crippen LogP contribution >= 0.6 is 0 Å². The van der Waals surface area contributed by atoms with E-state index in [0.29, 0.717) is 12.5 Å². The number of amides is 1. The average molecular weight is 318 g/mol. The van der Waals surface area contributed by atoms with Crippen molar-refractivity contribution >= 4 is 11.6 Å². The third kappa shape index (κ3) is 5.82. The lowest BCUT2D eigenvalue weighted by molar-refractivity contribution is -0.127. The Balaban J connectivity index is 1.90. The molecule has 1 saturated carbocycles. The maximum absolute atomic E-state index is 12.6. The Bertz CT molecular complexity index is 477. The minimum Gasteiger partial charge on any atom is -0.382 e. The highest BCUT2D eigenvalue weighted by atomic mass is 16.2. The Kier molecular flexibility index (Phi) is 6.84. The third-order valence-corrected chi connectivity index (χ3v) is 4.47. The number of pyridine rings is 1. The van der Waals surface area contributed by atoms with Gasteiger partial charge < -0.3 is 16.4 Å². The van der Waals surface area contributed by atoms with Crippen LogP contribution in [0.2, 0.25) is 0 Å². The second-order valence-corrected chi connectivity index (χ2v) is 7.01. The molecule has 0 bridgehead atoms. The van der Waals surface area contributed by atoms with Crippen molar-refractivity contribution in [3.8, 4) is 0 Å². The van der Waals surface area contributed by atoms with Gasteiger partial charge in [-0.05, 0) is 37.3 Å². The van der Waals surface area contributed by atoms with Gasteiger partial charge in [0, 0.05) is 31.0 Å². The molecule has 5 heteroatoms. The summed E-state index contributed by atoms with van der Waals surface area (Å²) in [6.45, 7) is 5.06. The summed E-state index contributed by atoms with van der Waals surface area (Å²) in [5.74, 6) is 0.615. The number of nitrogens with one attached hydrogen (secondary N) is 2. The lowest BCUT2D eigenvalue weighted by atomic mass is 9.84. The van der Waals surface area contributed by atoms with Gasteiger partial charge in [0.25, 0.3) is 0 Å². The van der Waals surface area contributed by atoms with Crippen LogP contribution in [0.3, 0.4) is 0 Å². The molecule has 0 radical (unpaired) electrons. The first-order chi connectivity index (χ1) is 11.1. The molecule has 1 aliphatic rings. The van der Waals surface area contributed by atoms with E-state index in [4.69, 9.17) is 5.73 Å². The van der Waals surface area contributed by atoms with Crippen molar-refractivity contribution in [2.75, 3.05) is 11.9 Å². The van der Waals surface area contributed by atoms with Gasteiger partial charge in [-0.3, -0.25) is 9.78 Å². The second-order valence-electron chi connectivity index (χ2n) is 7.01. The molecule has 1 heterocycles. The van der Waals surface area contributed by atoms with Crippen molar-refractivity contribution < 1.29 is 4.79 Å². The fourth-order valence-corrected chi connectivity index (χ4v) is 3.26. The van der Waals surface area contributed by atoms with Crippen LogP contribution in [0, 0.1) is 11.8 Å². The molecule has 1 fully saturated rings. The Morgan fingerprint density at radius 2 is 2.17 bits per heavy atom. The zero-order valence-electron chi connectivity index (χ0n) is 14.3. The SMILES string of the molecule is CC(C)CC(CNc1cccnc1)NC(=O)[C@@H]1CCCC[C@@H]1N. The van der Waals surface area contributed by atoms with E-state index in [-0.39, 0.29) is 23.9 Å². The van der Waals surface area contributed by atoms with Crippen LogP contribution in [0.4, 0.5) is 5.69 Å². The van der Waals surface area contributed by atoms with E-state index in [1.807, 2.05) is 12.1 Å². The van der Waals surface area contributed by atoms with Gasteiger partial charge in [0.2, 0.25) is 5.91 Å². The lowest BCUT2D eigenvalue weighted by Crippen LogP contribution is -2.49. The zero-order valence-corrected chi connectivity index (χ0v) is 14.3. The van der Waals surface area contributed by atoms with Crippen LogP contribution in [-0.4, -0.2) is 29.5 Å². The highest BCUT2D eigenvalue weighted by Gasteiger charge is 2.29. The predicted molar refractivity (Wildman–Crippen MR) is 94.0 cm³/mol. The number of nitrogens with zero attached hydrogens (tertiary/aromatic N) is 1. The molecule has 3 atom stereocenters. The molecule has 0 spiro atoms. The average Bonchev–Trinajstić information content (AvgIpc) is 2.53. The Hall–Kier alpha value is -1.62. The van der Waals surface area contributed by atoms with Gasteiger partial charge in [0.15, 0.2) is 0 Å². The molecular formula is C18H30N4O. The molecule has 4 N–H and O–H groups in total. The van der Waals surface area contributed by atoms with Gasteiger partial charge in [-0.25, -0.2) is 0 Å². The summed E-state index contributed by atoms with van der Waals surface area (Å²) in [5, 5.41) is 6.58. The fraction of sp³-hybridized carbons (Fsp3) is 0.667. The third-order valence-electron chi connectivity index (χ3n) is 4.47. The lowest BCUT2D eigenvalue weighted by Gasteiger charge is -2.30. The topological polar surface area (TPSA) is 80.0 Å². The number of aromatic nitrogens is 1. The predicted octanol–water partition coefficient (Wildman–Crippen LogP) is 2.54. The molecule has 23 heavy (non-hydrogen) atoms. The van der Waals surface area contributed by atoms with Gasteiger partial charge in [-0.15, -0.1) is 0 Å². The van der Waals surface area contributed by atoms with Gasteiger partial charge in [-0.1, -0.05) is 26.7 Å². The monoisotopic (exact) mass is 318 g/mol. The van der Waals surface area contributed by atoms with Gasteiger partial charge >= 0.3 is 0 Å². The minimum absolute atomic E-state index is 0.00901. The molecule has 1 aromatic heterocycles. The Morgan fingerprint density at radius 1 is 1.39 bits per heavy atom. The fourth-order valence-electron chi connectivity index (χ4n) is 3.26. The molecular weight excluding hydrogens is 288 g/mol. The standard InChI is InChI=1S/C18H30N4O/c1-13(2)10-15(12-21-14-6-5-9-20-11-14)22-18(23)16-7-3-4-8-17(16)19/h5-6,9,11,13,15-17,21H,3-4,7-8,10,12,19H2,1-2H3,(H,22,23)/t15?,16-,17+/m1/s1.